The number of nitrogens with one attached hydrogen (secondary N) is 3. The molecule has 9 nitrogen and oxygen atoms in total. The Morgan fingerprint density at radius 3 is 2.67 bits per heavy atom. The third-order valence-corrected chi connectivity index (χ3v) is 6.88. The lowest BCUT2D eigenvalue weighted by atomic mass is 10.0. The third kappa shape index (κ3) is 5.19. The highest BCUT2D eigenvalue weighted by atomic mass is 32.2. The number of H-pyrrole nitrogens is 1. The van der Waals surface area contributed by atoms with Crippen LogP contribution in [-0.4, -0.2) is 40.0 Å². The summed E-state index contributed by atoms with van der Waals surface area (Å²) in [6, 6.07) is 8.96. The van der Waals surface area contributed by atoms with Gasteiger partial charge in [0.15, 0.2) is 5.82 Å². The van der Waals surface area contributed by atoms with Crippen LogP contribution < -0.4 is 10.0 Å². The maximum Gasteiger partial charge on any atom is 0.232 e. The van der Waals surface area contributed by atoms with E-state index >= 15 is 4.39 Å². The smallest absolute Gasteiger partial charge is 0.232 e. The summed E-state index contributed by atoms with van der Waals surface area (Å²) in [5, 5.41) is 12.6. The summed E-state index contributed by atoms with van der Waals surface area (Å²) in [4.78, 5) is 24.4. The topological polar surface area (TPSA) is 137 Å². The van der Waals surface area contributed by atoms with E-state index in [2.05, 4.69) is 25.0 Å². The number of ketones is 1. The first-order valence-corrected chi connectivity index (χ1v) is 12.7. The van der Waals surface area contributed by atoms with E-state index in [0.29, 0.717) is 6.42 Å². The van der Waals surface area contributed by atoms with Gasteiger partial charge in [-0.1, -0.05) is 31.2 Å². The SMILES string of the molecule is CCCS(=O)(=O)Nc1ccc(F)c(C(=O)c2c[nH]c3ncnc(NCc4cccc(CO)c4)c23)c1F. The van der Waals surface area contributed by atoms with E-state index in [9.17, 15) is 22.7 Å². The van der Waals surface area contributed by atoms with Gasteiger partial charge in [-0.2, -0.15) is 0 Å². The van der Waals surface area contributed by atoms with Crippen molar-refractivity contribution in [2.75, 3.05) is 15.8 Å². The Labute approximate surface area is 205 Å². The zero-order valence-electron chi connectivity index (χ0n) is 19.2. The number of aliphatic hydroxyl groups excluding tert-OH is 1. The molecule has 0 saturated carbocycles. The van der Waals surface area contributed by atoms with Gasteiger partial charge in [-0.15, -0.1) is 0 Å². The Morgan fingerprint density at radius 1 is 1.14 bits per heavy atom. The summed E-state index contributed by atoms with van der Waals surface area (Å²) in [6.45, 7) is 1.81. The van der Waals surface area contributed by atoms with E-state index in [4.69, 9.17) is 0 Å². The van der Waals surface area contributed by atoms with E-state index < -0.39 is 38.7 Å². The number of aliphatic hydroxyl groups is 1. The van der Waals surface area contributed by atoms with Gasteiger partial charge < -0.3 is 15.4 Å². The van der Waals surface area contributed by atoms with Crippen molar-refractivity contribution in [2.45, 2.75) is 26.5 Å². The number of rotatable bonds is 10. The molecule has 12 heteroatoms. The summed E-state index contributed by atoms with van der Waals surface area (Å²) in [5.41, 5.74) is 0.300. The van der Waals surface area contributed by atoms with Gasteiger partial charge in [0.1, 0.15) is 23.6 Å². The van der Waals surface area contributed by atoms with Crippen molar-refractivity contribution in [2.24, 2.45) is 0 Å². The molecular formula is C24H23F2N5O4S. The van der Waals surface area contributed by atoms with Crippen molar-refractivity contribution in [3.63, 3.8) is 0 Å². The second kappa shape index (κ2) is 10.4. The molecule has 4 N–H and O–H groups in total. The molecular weight excluding hydrogens is 492 g/mol. The highest BCUT2D eigenvalue weighted by Crippen LogP contribution is 2.30. The molecule has 4 rings (SSSR count). The lowest BCUT2D eigenvalue weighted by Crippen LogP contribution is -2.18. The fraction of sp³-hybridized carbons (Fsp3) is 0.208. The molecule has 0 atom stereocenters. The summed E-state index contributed by atoms with van der Waals surface area (Å²) in [6.07, 6.45) is 2.83. The number of aromatic amines is 1. The number of nitrogens with zero attached hydrogens (tertiary/aromatic N) is 2. The quantitative estimate of drug-likeness (QED) is 0.236. The molecule has 188 valence electrons. The number of carbonyl (C=O) groups excluding carboxylic acids is 1. The minimum Gasteiger partial charge on any atom is -0.392 e. The summed E-state index contributed by atoms with van der Waals surface area (Å²) >= 11 is 0. The minimum absolute atomic E-state index is 0.0939. The van der Waals surface area contributed by atoms with E-state index in [1.54, 1.807) is 25.1 Å². The number of halogens is 2. The molecule has 4 aromatic rings. The van der Waals surface area contributed by atoms with E-state index in [1.165, 1.54) is 12.5 Å². The number of hydrogen-bond acceptors (Lipinski definition) is 7. The van der Waals surface area contributed by atoms with Crippen LogP contribution in [0.25, 0.3) is 11.0 Å². The maximum absolute atomic E-state index is 15.2. The van der Waals surface area contributed by atoms with Crippen LogP contribution in [-0.2, 0) is 23.2 Å². The van der Waals surface area contributed by atoms with Crippen LogP contribution in [0.5, 0.6) is 0 Å². The molecule has 0 bridgehead atoms. The van der Waals surface area contributed by atoms with Gasteiger partial charge in [-0.05, 0) is 29.7 Å². The number of carbonyl (C=O) groups is 1. The normalized spacial score (nSPS) is 11.6. The second-order valence-electron chi connectivity index (χ2n) is 8.01. The van der Waals surface area contributed by atoms with Gasteiger partial charge in [0.25, 0.3) is 0 Å². The lowest BCUT2D eigenvalue weighted by Gasteiger charge is -2.12. The van der Waals surface area contributed by atoms with Crippen LogP contribution in [0.1, 0.15) is 40.4 Å². The van der Waals surface area contributed by atoms with Gasteiger partial charge in [-0.3, -0.25) is 9.52 Å². The maximum atomic E-state index is 15.2. The van der Waals surface area contributed by atoms with E-state index in [-0.39, 0.29) is 41.3 Å². The van der Waals surface area contributed by atoms with Crippen LogP contribution in [0, 0.1) is 11.6 Å². The third-order valence-electron chi connectivity index (χ3n) is 5.40. The Balaban J connectivity index is 1.71. The molecule has 0 aliphatic heterocycles. The van der Waals surface area contributed by atoms with Gasteiger partial charge >= 0.3 is 0 Å². The molecule has 2 aromatic carbocycles. The zero-order valence-corrected chi connectivity index (χ0v) is 20.0. The Morgan fingerprint density at radius 2 is 1.92 bits per heavy atom. The number of fused-ring (bicyclic) bond motifs is 1. The molecule has 0 fully saturated rings. The molecule has 0 aliphatic rings. The van der Waals surface area contributed by atoms with Crippen molar-refractivity contribution in [3.05, 3.63) is 82.8 Å². The molecule has 0 amide bonds. The van der Waals surface area contributed by atoms with Crippen molar-refractivity contribution in [3.8, 4) is 0 Å². The standard InChI is InChI=1S/C24H23F2N5O4S/c1-2-8-36(34,35)31-18-7-6-17(25)20(21(18)26)22(33)16-11-28-24-19(16)23(29-13-30-24)27-10-14-4-3-5-15(9-14)12-32/h3-7,9,11,13,31-32H,2,8,10,12H2,1H3,(H2,27,28,29,30). The highest BCUT2D eigenvalue weighted by Gasteiger charge is 2.27. The first-order chi connectivity index (χ1) is 17.2. The zero-order chi connectivity index (χ0) is 25.9. The lowest BCUT2D eigenvalue weighted by molar-refractivity contribution is 0.103. The minimum atomic E-state index is -3.87. The van der Waals surface area contributed by atoms with Crippen LogP contribution in [0.15, 0.2) is 48.9 Å². The number of anilines is 2. The molecule has 2 heterocycles. The average molecular weight is 516 g/mol. The predicted molar refractivity (Wildman–Crippen MR) is 131 cm³/mol. The largest absolute Gasteiger partial charge is 0.392 e. The highest BCUT2D eigenvalue weighted by molar-refractivity contribution is 7.92. The van der Waals surface area contributed by atoms with Crippen LogP contribution >= 0.6 is 0 Å². The second-order valence-corrected chi connectivity index (χ2v) is 9.86. The summed E-state index contributed by atoms with van der Waals surface area (Å²) < 4.78 is 56.2. The van der Waals surface area contributed by atoms with Crippen molar-refractivity contribution in [1.82, 2.24) is 15.0 Å². The molecule has 0 saturated heterocycles. The monoisotopic (exact) mass is 515 g/mol. The van der Waals surface area contributed by atoms with E-state index in [0.717, 1.165) is 23.3 Å². The summed E-state index contributed by atoms with van der Waals surface area (Å²) in [7, 11) is -3.87. The number of sulfonamides is 1. The van der Waals surface area contributed by atoms with Gasteiger partial charge in [-0.25, -0.2) is 27.2 Å². The Kier molecular flexibility index (Phi) is 7.27. The van der Waals surface area contributed by atoms with Gasteiger partial charge in [0.05, 0.1) is 34.6 Å². The van der Waals surface area contributed by atoms with Gasteiger partial charge in [0.2, 0.25) is 15.8 Å². The molecule has 0 spiro atoms. The fourth-order valence-corrected chi connectivity index (χ4v) is 4.89. The Bertz CT molecular complexity index is 1540. The van der Waals surface area contributed by atoms with E-state index in [1.807, 2.05) is 6.07 Å². The molecule has 0 aliphatic carbocycles. The molecule has 36 heavy (non-hydrogen) atoms. The average Bonchev–Trinajstić information content (AvgIpc) is 3.29. The van der Waals surface area contributed by atoms with Crippen LogP contribution in [0.3, 0.4) is 0 Å². The first-order valence-electron chi connectivity index (χ1n) is 11.0. The number of hydrogen-bond donors (Lipinski definition) is 4. The van der Waals surface area contributed by atoms with Crippen LogP contribution in [0.2, 0.25) is 0 Å². The molecule has 0 radical (unpaired) electrons. The van der Waals surface area contributed by atoms with Gasteiger partial charge in [0, 0.05) is 12.7 Å². The molecule has 2 aromatic heterocycles. The van der Waals surface area contributed by atoms with Crippen LogP contribution in [0.4, 0.5) is 20.3 Å². The Hall–Kier alpha value is -3.90. The first kappa shape index (κ1) is 25.2. The predicted octanol–water partition coefficient (Wildman–Crippen LogP) is 3.72. The van der Waals surface area contributed by atoms with Crippen molar-refractivity contribution in [1.29, 1.82) is 0 Å². The van der Waals surface area contributed by atoms with Crippen molar-refractivity contribution >= 4 is 38.3 Å². The van der Waals surface area contributed by atoms with Crippen molar-refractivity contribution < 1.29 is 27.1 Å². The fourth-order valence-electron chi connectivity index (χ4n) is 3.76. The number of benzene rings is 2. The molecule has 0 unspecified atom stereocenters. The number of aromatic nitrogens is 3. The summed E-state index contributed by atoms with van der Waals surface area (Å²) in [5.74, 6) is -3.48.